The number of hydrogen-bond acceptors (Lipinski definition) is 5. The van der Waals surface area contributed by atoms with Crippen molar-refractivity contribution in [2.75, 3.05) is 40.5 Å². The third kappa shape index (κ3) is 5.97. The van der Waals surface area contributed by atoms with Gasteiger partial charge in [0.2, 0.25) is 0 Å². The standard InChI is InChI=1S/C11H25N3O3/c1-9(2)10(11(15)13-12)14(5-7-16-3)6-8-17-4/h9-10H,5-8,12H2,1-4H3,(H,13,15). The Morgan fingerprint density at radius 2 is 1.71 bits per heavy atom. The average Bonchev–Trinajstić information content (AvgIpc) is 2.31. The minimum atomic E-state index is -0.259. The molecular formula is C11H25N3O3. The van der Waals surface area contributed by atoms with Crippen LogP contribution in [0.3, 0.4) is 0 Å². The summed E-state index contributed by atoms with van der Waals surface area (Å²) in [7, 11) is 3.28. The van der Waals surface area contributed by atoms with Crippen molar-refractivity contribution in [1.82, 2.24) is 10.3 Å². The summed E-state index contributed by atoms with van der Waals surface area (Å²) in [5.41, 5.74) is 2.22. The number of nitrogens with one attached hydrogen (secondary N) is 1. The fraction of sp³-hybridized carbons (Fsp3) is 0.909. The second kappa shape index (κ2) is 9.35. The van der Waals surface area contributed by atoms with Gasteiger partial charge in [0.25, 0.3) is 5.91 Å². The molecule has 0 saturated carbocycles. The highest BCUT2D eigenvalue weighted by Gasteiger charge is 2.27. The van der Waals surface area contributed by atoms with Crippen molar-refractivity contribution in [2.24, 2.45) is 11.8 Å². The molecule has 1 unspecified atom stereocenters. The zero-order chi connectivity index (χ0) is 13.3. The molecule has 0 spiro atoms. The lowest BCUT2D eigenvalue weighted by Gasteiger charge is -2.32. The Kier molecular flexibility index (Phi) is 8.97. The van der Waals surface area contributed by atoms with Crippen LogP contribution in [0.2, 0.25) is 0 Å². The van der Waals surface area contributed by atoms with Crippen molar-refractivity contribution < 1.29 is 14.3 Å². The predicted octanol–water partition coefficient (Wildman–Crippen LogP) is -0.404. The smallest absolute Gasteiger partial charge is 0.251 e. The first-order valence-electron chi connectivity index (χ1n) is 5.80. The van der Waals surface area contributed by atoms with Gasteiger partial charge in [-0.3, -0.25) is 15.1 Å². The first kappa shape index (κ1) is 16.3. The normalized spacial score (nSPS) is 13.1. The van der Waals surface area contributed by atoms with E-state index < -0.39 is 0 Å². The van der Waals surface area contributed by atoms with E-state index in [9.17, 15) is 4.79 Å². The van der Waals surface area contributed by atoms with Gasteiger partial charge in [-0.25, -0.2) is 5.84 Å². The Balaban J connectivity index is 4.60. The maximum absolute atomic E-state index is 11.8. The fourth-order valence-corrected chi connectivity index (χ4v) is 1.78. The second-order valence-electron chi connectivity index (χ2n) is 4.22. The highest BCUT2D eigenvalue weighted by Crippen LogP contribution is 2.10. The van der Waals surface area contributed by atoms with Crippen LogP contribution in [0.4, 0.5) is 0 Å². The first-order valence-corrected chi connectivity index (χ1v) is 5.80. The van der Waals surface area contributed by atoms with E-state index in [1.165, 1.54) is 0 Å². The molecule has 6 heteroatoms. The molecule has 0 heterocycles. The van der Waals surface area contributed by atoms with E-state index in [1.807, 2.05) is 18.7 Å². The average molecular weight is 247 g/mol. The lowest BCUT2D eigenvalue weighted by molar-refractivity contribution is -0.128. The second-order valence-corrected chi connectivity index (χ2v) is 4.22. The summed E-state index contributed by atoms with van der Waals surface area (Å²) < 4.78 is 10.1. The number of carbonyl (C=O) groups is 1. The van der Waals surface area contributed by atoms with Crippen molar-refractivity contribution >= 4 is 5.91 Å². The summed E-state index contributed by atoms with van der Waals surface area (Å²) in [6.07, 6.45) is 0. The lowest BCUT2D eigenvalue weighted by Crippen LogP contribution is -2.53. The zero-order valence-electron chi connectivity index (χ0n) is 11.2. The molecule has 0 fully saturated rings. The first-order chi connectivity index (χ1) is 8.08. The third-order valence-electron chi connectivity index (χ3n) is 2.60. The van der Waals surface area contributed by atoms with Gasteiger partial charge in [-0.2, -0.15) is 0 Å². The highest BCUT2D eigenvalue weighted by molar-refractivity contribution is 5.81. The van der Waals surface area contributed by atoms with Gasteiger partial charge in [-0.1, -0.05) is 13.8 Å². The van der Waals surface area contributed by atoms with Gasteiger partial charge in [0, 0.05) is 27.3 Å². The summed E-state index contributed by atoms with van der Waals surface area (Å²) in [6, 6.07) is -0.259. The molecule has 0 aromatic carbocycles. The minimum Gasteiger partial charge on any atom is -0.383 e. The van der Waals surface area contributed by atoms with Gasteiger partial charge in [0.1, 0.15) is 0 Å². The van der Waals surface area contributed by atoms with Crippen LogP contribution in [0.25, 0.3) is 0 Å². The molecule has 0 aromatic heterocycles. The molecule has 3 N–H and O–H groups in total. The predicted molar refractivity (Wildman–Crippen MR) is 66.3 cm³/mol. The van der Waals surface area contributed by atoms with Crippen molar-refractivity contribution in [1.29, 1.82) is 0 Å². The van der Waals surface area contributed by atoms with E-state index in [0.717, 1.165) is 0 Å². The summed E-state index contributed by atoms with van der Waals surface area (Å²) in [5.74, 6) is 5.22. The molecule has 0 rings (SSSR count). The van der Waals surface area contributed by atoms with Gasteiger partial charge in [0.15, 0.2) is 0 Å². The maximum Gasteiger partial charge on any atom is 0.251 e. The molecule has 0 bridgehead atoms. The van der Waals surface area contributed by atoms with Crippen LogP contribution < -0.4 is 11.3 Å². The number of nitrogens with two attached hydrogens (primary N) is 1. The van der Waals surface area contributed by atoms with Crippen LogP contribution in [0.5, 0.6) is 0 Å². The minimum absolute atomic E-state index is 0.173. The van der Waals surface area contributed by atoms with Crippen LogP contribution in [-0.4, -0.2) is 57.4 Å². The molecule has 0 aliphatic carbocycles. The van der Waals surface area contributed by atoms with Gasteiger partial charge >= 0.3 is 0 Å². The number of methoxy groups -OCH3 is 2. The molecule has 0 aliphatic rings. The molecule has 0 aliphatic heterocycles. The van der Waals surface area contributed by atoms with E-state index in [1.54, 1.807) is 14.2 Å². The van der Waals surface area contributed by atoms with Crippen LogP contribution in [0.15, 0.2) is 0 Å². The summed E-state index contributed by atoms with van der Waals surface area (Å²) in [5, 5.41) is 0. The molecule has 0 radical (unpaired) electrons. The molecule has 1 amide bonds. The van der Waals surface area contributed by atoms with Gasteiger partial charge in [0.05, 0.1) is 19.3 Å². The van der Waals surface area contributed by atoms with Crippen molar-refractivity contribution in [2.45, 2.75) is 19.9 Å². The maximum atomic E-state index is 11.8. The SMILES string of the molecule is COCCN(CCOC)C(C(=O)NN)C(C)C. The molecule has 0 aromatic rings. The number of hydrogen-bond donors (Lipinski definition) is 2. The summed E-state index contributed by atoms with van der Waals surface area (Å²) in [4.78, 5) is 13.8. The third-order valence-corrected chi connectivity index (χ3v) is 2.60. The number of carbonyl (C=O) groups excluding carboxylic acids is 1. The molecular weight excluding hydrogens is 222 g/mol. The van der Waals surface area contributed by atoms with Crippen LogP contribution in [0, 0.1) is 5.92 Å². The van der Waals surface area contributed by atoms with E-state index in [0.29, 0.717) is 26.3 Å². The zero-order valence-corrected chi connectivity index (χ0v) is 11.2. The topological polar surface area (TPSA) is 76.8 Å². The molecule has 102 valence electrons. The van der Waals surface area contributed by atoms with Crippen molar-refractivity contribution in [3.05, 3.63) is 0 Å². The summed E-state index contributed by atoms with van der Waals surface area (Å²) in [6.45, 7) is 6.49. The number of ether oxygens (including phenoxy) is 2. The number of rotatable bonds is 9. The Labute approximate surface area is 103 Å². The Morgan fingerprint density at radius 1 is 1.24 bits per heavy atom. The van der Waals surface area contributed by atoms with Gasteiger partial charge < -0.3 is 9.47 Å². The number of amides is 1. The number of hydrazine groups is 1. The van der Waals surface area contributed by atoms with Gasteiger partial charge in [-0.15, -0.1) is 0 Å². The number of nitrogens with zero attached hydrogens (tertiary/aromatic N) is 1. The monoisotopic (exact) mass is 247 g/mol. The molecule has 17 heavy (non-hydrogen) atoms. The Bertz CT molecular complexity index is 204. The van der Waals surface area contributed by atoms with E-state index in [-0.39, 0.29) is 17.9 Å². The van der Waals surface area contributed by atoms with Crippen LogP contribution in [-0.2, 0) is 14.3 Å². The molecule has 0 saturated heterocycles. The van der Waals surface area contributed by atoms with E-state index >= 15 is 0 Å². The molecule has 1 atom stereocenters. The largest absolute Gasteiger partial charge is 0.383 e. The van der Waals surface area contributed by atoms with Crippen molar-refractivity contribution in [3.63, 3.8) is 0 Å². The van der Waals surface area contributed by atoms with Crippen molar-refractivity contribution in [3.8, 4) is 0 Å². The van der Waals surface area contributed by atoms with Crippen LogP contribution in [0.1, 0.15) is 13.8 Å². The highest BCUT2D eigenvalue weighted by atomic mass is 16.5. The molecule has 6 nitrogen and oxygen atoms in total. The summed E-state index contributed by atoms with van der Waals surface area (Å²) >= 11 is 0. The fourth-order valence-electron chi connectivity index (χ4n) is 1.78. The Morgan fingerprint density at radius 3 is 2.00 bits per heavy atom. The lowest BCUT2D eigenvalue weighted by atomic mass is 10.0. The quantitative estimate of drug-likeness (QED) is 0.329. The van der Waals surface area contributed by atoms with Crippen LogP contribution >= 0.6 is 0 Å². The van der Waals surface area contributed by atoms with E-state index in [2.05, 4.69) is 5.43 Å². The van der Waals surface area contributed by atoms with E-state index in [4.69, 9.17) is 15.3 Å². The Hall–Kier alpha value is -0.690. The van der Waals surface area contributed by atoms with Gasteiger partial charge in [-0.05, 0) is 5.92 Å².